The van der Waals surface area contributed by atoms with Crippen molar-refractivity contribution in [3.63, 3.8) is 0 Å². The minimum Gasteiger partial charge on any atom is -1.00 e. The van der Waals surface area contributed by atoms with Crippen LogP contribution in [-0.4, -0.2) is 6.41 Å². The zero-order chi connectivity index (χ0) is 11.2. The van der Waals surface area contributed by atoms with Crippen LogP contribution in [0.5, 0.6) is 0 Å². The van der Waals surface area contributed by atoms with Crippen LogP contribution in [0.15, 0.2) is 20.1 Å². The minimum atomic E-state index is -1.20. The van der Waals surface area contributed by atoms with Crippen LogP contribution in [0.1, 0.15) is 27.7 Å². The summed E-state index contributed by atoms with van der Waals surface area (Å²) in [6, 6.07) is 0. The van der Waals surface area contributed by atoms with Gasteiger partial charge >= 0.3 is 99.8 Å². The number of carbonyl (C=O) groups is 1. The number of allylic oxidation sites excluding steroid dienone is 3. The van der Waals surface area contributed by atoms with Crippen molar-refractivity contribution in [3.8, 4) is 0 Å². The number of hydrogen-bond donors (Lipinski definition) is 1. The van der Waals surface area contributed by atoms with Gasteiger partial charge in [-0.3, -0.25) is 0 Å². The summed E-state index contributed by atoms with van der Waals surface area (Å²) in [6.07, 6.45) is 0.842. The van der Waals surface area contributed by atoms with Gasteiger partial charge in [0.25, 0.3) is 0 Å². The van der Waals surface area contributed by atoms with Gasteiger partial charge < -0.3 is 24.8 Å². The zero-order valence-electron chi connectivity index (χ0n) is 10.7. The van der Waals surface area contributed by atoms with Crippen molar-refractivity contribution >= 4 is 6.41 Å². The third-order valence-electron chi connectivity index (χ3n) is 3.81. The van der Waals surface area contributed by atoms with Gasteiger partial charge in [0.15, 0.2) is 0 Å². The maximum atomic E-state index is 10.7. The molecule has 1 N–H and O–H groups in total. The molecule has 0 atom stereocenters. The standard InChI is InChI=1S/C10H14NO.C2H4.2ClH.Zr/c1-7-5-9(11-6-12)10(3,4)8(7)2;1-2;;;/h6H,1-4H3,(H,11,12);1-2H2;2*1H;/q;;;;+2/p-2. The molecule has 1 fully saturated rings. The molecular formula is C12H18Cl2NOZr. The Kier molecular flexibility index (Phi) is 6.18. The van der Waals surface area contributed by atoms with Crippen molar-refractivity contribution in [2.45, 2.75) is 36.0 Å². The fraction of sp³-hybridized carbons (Fsp3) is 0.583. The van der Waals surface area contributed by atoms with E-state index >= 15 is 0 Å². The van der Waals surface area contributed by atoms with Gasteiger partial charge in [-0.25, -0.2) is 0 Å². The molecule has 17 heavy (non-hydrogen) atoms. The molecule has 1 aliphatic carbocycles. The summed E-state index contributed by atoms with van der Waals surface area (Å²) < 4.78 is 4.55. The van der Waals surface area contributed by atoms with Crippen LogP contribution in [-0.2, 0) is 26.5 Å². The van der Waals surface area contributed by atoms with Crippen LogP contribution in [0, 0.1) is 5.41 Å². The number of amides is 1. The Hall–Kier alpha value is 0.413. The molecule has 95 valence electrons. The second-order valence-corrected chi connectivity index (χ2v) is 11.6. The number of nitrogens with one attached hydrogen (secondary N) is 1. The maximum Gasteiger partial charge on any atom is -1.00 e. The van der Waals surface area contributed by atoms with E-state index in [0.717, 1.165) is 6.41 Å². The van der Waals surface area contributed by atoms with E-state index in [1.807, 2.05) is 0 Å². The normalized spacial score (nSPS) is 20.8. The summed E-state index contributed by atoms with van der Waals surface area (Å²) in [4.78, 5) is 10.7. The van der Waals surface area contributed by atoms with Crippen LogP contribution in [0.3, 0.4) is 0 Å². The Balaban J connectivity index is 0.00000128. The SMILES string of the molecule is CC1=C(C)C(C)(C)C(NC=O)=[C]1[Zr+2]1[CH2][CH2]1.[Cl-].[Cl-]. The Morgan fingerprint density at radius 1 is 1.24 bits per heavy atom. The van der Waals surface area contributed by atoms with Gasteiger partial charge in [0.1, 0.15) is 0 Å². The molecule has 1 amide bonds. The fourth-order valence-electron chi connectivity index (χ4n) is 2.41. The number of rotatable bonds is 3. The molecule has 2 aliphatic rings. The molecule has 1 heterocycles. The zero-order valence-corrected chi connectivity index (χ0v) is 14.6. The van der Waals surface area contributed by atoms with Gasteiger partial charge in [-0.15, -0.1) is 0 Å². The van der Waals surface area contributed by atoms with Gasteiger partial charge in [0.05, 0.1) is 0 Å². The smallest absolute Gasteiger partial charge is 1.00 e. The van der Waals surface area contributed by atoms with Crippen molar-refractivity contribution in [1.29, 1.82) is 0 Å². The molecular weight excluding hydrogens is 336 g/mol. The first kappa shape index (κ1) is 17.4. The van der Waals surface area contributed by atoms with Crippen LogP contribution in [0.2, 0.25) is 8.26 Å². The molecule has 1 aliphatic heterocycles. The molecule has 0 aromatic heterocycles. The van der Waals surface area contributed by atoms with Gasteiger partial charge in [-0.1, -0.05) is 0 Å². The van der Waals surface area contributed by atoms with Crippen LogP contribution >= 0.6 is 0 Å². The van der Waals surface area contributed by atoms with E-state index < -0.39 is 21.8 Å². The van der Waals surface area contributed by atoms with Crippen molar-refractivity contribution < 1.29 is 51.4 Å². The molecule has 0 spiro atoms. The van der Waals surface area contributed by atoms with Crippen molar-refractivity contribution in [2.24, 2.45) is 5.41 Å². The Bertz CT molecular complexity index is 384. The quantitative estimate of drug-likeness (QED) is 0.532. The van der Waals surface area contributed by atoms with E-state index in [-0.39, 0.29) is 30.2 Å². The molecule has 2 rings (SSSR count). The fourth-order valence-corrected chi connectivity index (χ4v) is 9.34. The molecule has 0 radical (unpaired) electrons. The Morgan fingerprint density at radius 2 is 1.76 bits per heavy atom. The minimum absolute atomic E-state index is 0. The molecule has 0 saturated carbocycles. The second kappa shape index (κ2) is 6.04. The molecule has 2 nitrogen and oxygen atoms in total. The summed E-state index contributed by atoms with van der Waals surface area (Å²) in [5.74, 6) is 0. The number of carbonyl (C=O) groups excluding carboxylic acids is 1. The number of halogens is 2. The van der Waals surface area contributed by atoms with E-state index in [4.69, 9.17) is 0 Å². The first-order valence-corrected chi connectivity index (χ1v) is 10.2. The van der Waals surface area contributed by atoms with Crippen molar-refractivity contribution in [3.05, 3.63) is 20.1 Å². The van der Waals surface area contributed by atoms with E-state index in [0.29, 0.717) is 0 Å². The number of hydrogen-bond acceptors (Lipinski definition) is 1. The average molecular weight is 354 g/mol. The van der Waals surface area contributed by atoms with Crippen molar-refractivity contribution in [2.75, 3.05) is 0 Å². The van der Waals surface area contributed by atoms with E-state index in [2.05, 4.69) is 33.0 Å². The summed E-state index contributed by atoms with van der Waals surface area (Å²) >= 11 is -1.20. The van der Waals surface area contributed by atoms with E-state index in [1.54, 1.807) is 3.28 Å². The van der Waals surface area contributed by atoms with Gasteiger partial charge in [-0.2, -0.15) is 0 Å². The summed E-state index contributed by atoms with van der Waals surface area (Å²) in [7, 11) is 0. The summed E-state index contributed by atoms with van der Waals surface area (Å²) in [5.41, 5.74) is 4.20. The van der Waals surface area contributed by atoms with Crippen LogP contribution in [0.25, 0.3) is 0 Å². The topological polar surface area (TPSA) is 29.1 Å². The molecule has 0 unspecified atom stereocenters. The van der Waals surface area contributed by atoms with Crippen LogP contribution in [0.4, 0.5) is 0 Å². The Morgan fingerprint density at radius 3 is 2.18 bits per heavy atom. The molecule has 0 bridgehead atoms. The van der Waals surface area contributed by atoms with E-state index in [1.165, 1.54) is 25.1 Å². The monoisotopic (exact) mass is 352 g/mol. The average Bonchev–Trinajstić information content (AvgIpc) is 2.96. The molecule has 5 heteroatoms. The first-order chi connectivity index (χ1) is 7.00. The Labute approximate surface area is 124 Å². The second-order valence-electron chi connectivity index (χ2n) is 4.99. The van der Waals surface area contributed by atoms with Crippen LogP contribution < -0.4 is 30.1 Å². The summed E-state index contributed by atoms with van der Waals surface area (Å²) in [6.45, 7) is 8.88. The summed E-state index contributed by atoms with van der Waals surface area (Å²) in [5, 5.41) is 2.97. The largest absolute Gasteiger partial charge is 1.00 e. The third kappa shape index (κ3) is 2.88. The predicted octanol–water partition coefficient (Wildman–Crippen LogP) is -3.20. The molecule has 0 aromatic carbocycles. The third-order valence-corrected chi connectivity index (χ3v) is 9.54. The first-order valence-electron chi connectivity index (χ1n) is 5.48. The van der Waals surface area contributed by atoms with Gasteiger partial charge in [0.2, 0.25) is 0 Å². The van der Waals surface area contributed by atoms with Gasteiger partial charge in [-0.05, 0) is 0 Å². The van der Waals surface area contributed by atoms with E-state index in [9.17, 15) is 4.79 Å². The van der Waals surface area contributed by atoms with Crippen molar-refractivity contribution in [1.82, 2.24) is 5.32 Å². The predicted molar refractivity (Wildman–Crippen MR) is 58.0 cm³/mol. The van der Waals surface area contributed by atoms with Gasteiger partial charge in [0, 0.05) is 0 Å². The molecule has 1 saturated heterocycles. The molecule has 0 aromatic rings. The maximum absolute atomic E-state index is 10.7.